The van der Waals surface area contributed by atoms with Crippen molar-refractivity contribution in [3.8, 4) is 0 Å². The molecule has 0 N–H and O–H groups in total. The van der Waals surface area contributed by atoms with Crippen LogP contribution in [-0.4, -0.2) is 19.1 Å². The molecule has 0 aromatic heterocycles. The van der Waals surface area contributed by atoms with Crippen LogP contribution in [0, 0.1) is 11.8 Å². The molecule has 0 aromatic rings. The molecule has 3 heteroatoms. The quantitative estimate of drug-likeness (QED) is 0.684. The smallest absolute Gasteiger partial charge is 0.274 e. The molecule has 14 heavy (non-hydrogen) atoms. The molecule has 1 nitrogen and oxygen atoms in total. The van der Waals surface area contributed by atoms with Crippen LogP contribution in [0.15, 0.2) is 0 Å². The third-order valence-electron chi connectivity index (χ3n) is 3.16. The van der Waals surface area contributed by atoms with Crippen LogP contribution in [-0.2, 0) is 4.74 Å². The Hall–Kier alpha value is -0.180. The molecule has 0 aromatic carbocycles. The first-order valence-corrected chi connectivity index (χ1v) is 5.57. The zero-order valence-corrected chi connectivity index (χ0v) is 9.06. The average Bonchev–Trinajstić information content (AvgIpc) is 2.14. The van der Waals surface area contributed by atoms with E-state index in [2.05, 4.69) is 6.92 Å². The zero-order chi connectivity index (χ0) is 10.6. The molecule has 0 spiro atoms. The van der Waals surface area contributed by atoms with Gasteiger partial charge in [0.05, 0.1) is 0 Å². The van der Waals surface area contributed by atoms with Gasteiger partial charge in [-0.15, -0.1) is 0 Å². The van der Waals surface area contributed by atoms with E-state index in [0.29, 0.717) is 13.0 Å². The molecular formula is C11H20F2O. The Morgan fingerprint density at radius 3 is 2.64 bits per heavy atom. The molecule has 1 fully saturated rings. The normalized spacial score (nSPS) is 28.7. The van der Waals surface area contributed by atoms with Crippen molar-refractivity contribution in [2.45, 2.75) is 45.5 Å². The minimum Gasteiger partial charge on any atom is -0.375 e. The maximum absolute atomic E-state index is 13.5. The maximum Gasteiger partial charge on any atom is 0.274 e. The molecule has 0 bridgehead atoms. The average molecular weight is 206 g/mol. The molecule has 0 saturated carbocycles. The largest absolute Gasteiger partial charge is 0.375 e. The van der Waals surface area contributed by atoms with Crippen molar-refractivity contribution in [2.75, 3.05) is 13.2 Å². The van der Waals surface area contributed by atoms with Gasteiger partial charge in [-0.3, -0.25) is 0 Å². The molecule has 1 aliphatic rings. The monoisotopic (exact) mass is 206 g/mol. The fourth-order valence-corrected chi connectivity index (χ4v) is 2.38. The lowest BCUT2D eigenvalue weighted by Gasteiger charge is -2.36. The van der Waals surface area contributed by atoms with E-state index in [9.17, 15) is 8.78 Å². The highest BCUT2D eigenvalue weighted by Gasteiger charge is 2.45. The summed E-state index contributed by atoms with van der Waals surface area (Å²) in [4.78, 5) is 0. The van der Waals surface area contributed by atoms with Crippen molar-refractivity contribution in [1.29, 1.82) is 0 Å². The van der Waals surface area contributed by atoms with E-state index >= 15 is 0 Å². The van der Waals surface area contributed by atoms with Gasteiger partial charge in [-0.2, -0.15) is 0 Å². The lowest BCUT2D eigenvalue weighted by atomic mass is 9.79. The third-order valence-corrected chi connectivity index (χ3v) is 3.16. The summed E-state index contributed by atoms with van der Waals surface area (Å²) in [7, 11) is 0. The molecule has 0 radical (unpaired) electrons. The van der Waals surface area contributed by atoms with Gasteiger partial charge in [-0.25, -0.2) is 8.78 Å². The second kappa shape index (κ2) is 5.06. The molecule has 2 atom stereocenters. The number of alkyl halides is 2. The van der Waals surface area contributed by atoms with Crippen LogP contribution >= 0.6 is 0 Å². The summed E-state index contributed by atoms with van der Waals surface area (Å²) in [5, 5.41) is 0. The third kappa shape index (κ3) is 2.66. The van der Waals surface area contributed by atoms with Crippen LogP contribution in [0.3, 0.4) is 0 Å². The minimum atomic E-state index is -2.60. The van der Waals surface area contributed by atoms with Gasteiger partial charge in [0.25, 0.3) is 5.92 Å². The van der Waals surface area contributed by atoms with Gasteiger partial charge in [-0.05, 0) is 12.3 Å². The van der Waals surface area contributed by atoms with E-state index in [-0.39, 0.29) is 12.5 Å². The van der Waals surface area contributed by atoms with Gasteiger partial charge in [0.1, 0.15) is 6.61 Å². The van der Waals surface area contributed by atoms with Crippen molar-refractivity contribution >= 4 is 0 Å². The van der Waals surface area contributed by atoms with Crippen LogP contribution in [0.2, 0.25) is 0 Å². The number of halogens is 2. The van der Waals surface area contributed by atoms with Crippen LogP contribution in [0.25, 0.3) is 0 Å². The van der Waals surface area contributed by atoms with E-state index in [1.807, 2.05) is 6.92 Å². The molecule has 0 aliphatic carbocycles. The molecule has 2 unspecified atom stereocenters. The molecule has 84 valence electrons. The second-order valence-corrected chi connectivity index (χ2v) is 4.17. The van der Waals surface area contributed by atoms with Gasteiger partial charge in [0.2, 0.25) is 0 Å². The molecule has 1 rings (SSSR count). The van der Waals surface area contributed by atoms with Crippen molar-refractivity contribution in [3.63, 3.8) is 0 Å². The van der Waals surface area contributed by atoms with Gasteiger partial charge >= 0.3 is 0 Å². The molecule has 1 saturated heterocycles. The first kappa shape index (κ1) is 11.9. The molecule has 1 heterocycles. The summed E-state index contributed by atoms with van der Waals surface area (Å²) in [6.07, 6.45) is 3.28. The van der Waals surface area contributed by atoms with Crippen molar-refractivity contribution in [3.05, 3.63) is 0 Å². The Labute approximate surface area is 84.8 Å². The Morgan fingerprint density at radius 1 is 1.43 bits per heavy atom. The van der Waals surface area contributed by atoms with Gasteiger partial charge < -0.3 is 4.74 Å². The SMILES string of the molecule is CCCC(CC)C1CCOCC1(F)F. The number of rotatable bonds is 4. The topological polar surface area (TPSA) is 9.23 Å². The summed E-state index contributed by atoms with van der Waals surface area (Å²) in [5.74, 6) is -2.89. The van der Waals surface area contributed by atoms with Crippen molar-refractivity contribution in [1.82, 2.24) is 0 Å². The second-order valence-electron chi connectivity index (χ2n) is 4.17. The molecular weight excluding hydrogens is 186 g/mol. The Balaban J connectivity index is 2.61. The first-order valence-electron chi connectivity index (χ1n) is 5.57. The lowest BCUT2D eigenvalue weighted by molar-refractivity contribution is -0.170. The predicted molar refractivity (Wildman–Crippen MR) is 52.6 cm³/mol. The standard InChI is InChI=1S/C11H20F2O/c1-3-5-9(4-2)10-6-7-14-8-11(10,12)13/h9-10H,3-8H2,1-2H3. The van der Waals surface area contributed by atoms with Crippen molar-refractivity contribution in [2.24, 2.45) is 11.8 Å². The van der Waals surface area contributed by atoms with Crippen LogP contribution in [0.4, 0.5) is 8.78 Å². The molecule has 0 amide bonds. The number of hydrogen-bond donors (Lipinski definition) is 0. The van der Waals surface area contributed by atoms with Gasteiger partial charge in [-0.1, -0.05) is 33.1 Å². The first-order chi connectivity index (χ1) is 6.61. The van der Waals surface area contributed by atoms with Crippen LogP contribution in [0.1, 0.15) is 39.5 Å². The highest BCUT2D eigenvalue weighted by atomic mass is 19.3. The van der Waals surface area contributed by atoms with Crippen LogP contribution < -0.4 is 0 Å². The van der Waals surface area contributed by atoms with E-state index in [1.54, 1.807) is 0 Å². The van der Waals surface area contributed by atoms with Crippen molar-refractivity contribution < 1.29 is 13.5 Å². The zero-order valence-electron chi connectivity index (χ0n) is 9.06. The lowest BCUT2D eigenvalue weighted by Crippen LogP contribution is -2.42. The Kier molecular flexibility index (Phi) is 4.30. The Morgan fingerprint density at radius 2 is 2.14 bits per heavy atom. The fourth-order valence-electron chi connectivity index (χ4n) is 2.38. The van der Waals surface area contributed by atoms with Gasteiger partial charge in [0.15, 0.2) is 0 Å². The summed E-state index contributed by atoms with van der Waals surface area (Å²) in [6.45, 7) is 4.18. The maximum atomic E-state index is 13.5. The van der Waals surface area contributed by atoms with E-state index < -0.39 is 11.8 Å². The highest BCUT2D eigenvalue weighted by molar-refractivity contribution is 4.85. The summed E-state index contributed by atoms with van der Waals surface area (Å²) >= 11 is 0. The summed E-state index contributed by atoms with van der Waals surface area (Å²) in [5.41, 5.74) is 0. The van der Waals surface area contributed by atoms with E-state index in [1.165, 1.54) is 0 Å². The van der Waals surface area contributed by atoms with E-state index in [0.717, 1.165) is 19.3 Å². The highest BCUT2D eigenvalue weighted by Crippen LogP contribution is 2.39. The summed E-state index contributed by atoms with van der Waals surface area (Å²) in [6, 6.07) is 0. The predicted octanol–water partition coefficient (Wildman–Crippen LogP) is 3.48. The molecule has 1 aliphatic heterocycles. The fraction of sp³-hybridized carbons (Fsp3) is 1.00. The minimum absolute atomic E-state index is 0.166. The number of hydrogen-bond acceptors (Lipinski definition) is 1. The van der Waals surface area contributed by atoms with E-state index in [4.69, 9.17) is 4.74 Å². The van der Waals surface area contributed by atoms with Gasteiger partial charge in [0, 0.05) is 12.5 Å². The number of ether oxygens (including phenoxy) is 1. The van der Waals surface area contributed by atoms with Crippen LogP contribution in [0.5, 0.6) is 0 Å². The summed E-state index contributed by atoms with van der Waals surface area (Å²) < 4.78 is 31.8. The Bertz CT molecular complexity index is 171.